The third-order valence-electron chi connectivity index (χ3n) is 2.80. The molecule has 90 valence electrons. The molecular weight excluding hydrogens is 261 g/mol. The van der Waals surface area contributed by atoms with E-state index in [0.29, 0.717) is 18.1 Å². The molecule has 1 atom stereocenters. The first kappa shape index (κ1) is 12.4. The number of halogens is 2. The molecule has 1 amide bonds. The maximum atomic E-state index is 11.7. The molecule has 1 aromatic rings. The zero-order valence-electron chi connectivity index (χ0n) is 9.03. The van der Waals surface area contributed by atoms with Crippen LogP contribution in [0.2, 0.25) is 5.02 Å². The predicted octanol–water partition coefficient (Wildman–Crippen LogP) is 2.45. The van der Waals surface area contributed by atoms with Crippen LogP contribution in [0.5, 0.6) is 0 Å². The summed E-state index contributed by atoms with van der Waals surface area (Å²) >= 11 is 11.3. The maximum Gasteiger partial charge on any atom is 0.227 e. The summed E-state index contributed by atoms with van der Waals surface area (Å²) in [6.07, 6.45) is 0.211. The topological polar surface area (TPSA) is 37.4 Å². The van der Waals surface area contributed by atoms with Gasteiger partial charge in [-0.2, -0.15) is 0 Å². The molecule has 1 saturated heterocycles. The summed E-state index contributed by atoms with van der Waals surface area (Å²) in [5.74, 6) is -0.410. The number of benzene rings is 1. The van der Waals surface area contributed by atoms with Crippen LogP contribution in [-0.4, -0.2) is 22.6 Å². The van der Waals surface area contributed by atoms with Crippen molar-refractivity contribution in [3.63, 3.8) is 0 Å². The Morgan fingerprint density at radius 3 is 2.82 bits per heavy atom. The van der Waals surface area contributed by atoms with Crippen LogP contribution in [0.25, 0.3) is 0 Å². The Bertz CT molecular complexity index is 462. The van der Waals surface area contributed by atoms with Crippen molar-refractivity contribution < 1.29 is 9.59 Å². The van der Waals surface area contributed by atoms with Gasteiger partial charge < -0.3 is 4.90 Å². The maximum absolute atomic E-state index is 11.7. The lowest BCUT2D eigenvalue weighted by Crippen LogP contribution is -2.25. The molecule has 0 radical (unpaired) electrons. The van der Waals surface area contributed by atoms with Crippen molar-refractivity contribution in [3.05, 3.63) is 34.9 Å². The summed E-state index contributed by atoms with van der Waals surface area (Å²) in [7, 11) is 0. The quantitative estimate of drug-likeness (QED) is 0.792. The van der Waals surface area contributed by atoms with Gasteiger partial charge in [0.1, 0.15) is 0 Å². The summed E-state index contributed by atoms with van der Waals surface area (Å²) in [4.78, 5) is 24.3. The number of hydrogen-bond donors (Lipinski definition) is 0. The van der Waals surface area contributed by atoms with Gasteiger partial charge in [-0.3, -0.25) is 9.59 Å². The molecule has 0 N–H and O–H groups in total. The van der Waals surface area contributed by atoms with E-state index in [0.717, 1.165) is 5.56 Å². The molecule has 0 saturated carbocycles. The smallest absolute Gasteiger partial charge is 0.227 e. The Hall–Kier alpha value is -1.06. The minimum Gasteiger partial charge on any atom is -0.338 e. The summed E-state index contributed by atoms with van der Waals surface area (Å²) in [5, 5.41) is 0.200. The largest absolute Gasteiger partial charge is 0.338 e. The standard InChI is InChI=1S/C12H11Cl2NO2/c13-10-3-1-2-8(4-10)6-15-7-9(12(14)17)5-11(15)16/h1-4,9H,5-7H2/t9-/m1/s1. The number of nitrogens with zero attached hydrogens (tertiary/aromatic N) is 1. The lowest BCUT2D eigenvalue weighted by atomic mass is 10.1. The fourth-order valence-corrected chi connectivity index (χ4v) is 2.29. The molecule has 1 aliphatic heterocycles. The van der Waals surface area contributed by atoms with Crippen molar-refractivity contribution in [1.29, 1.82) is 0 Å². The van der Waals surface area contributed by atoms with Crippen LogP contribution in [-0.2, 0) is 16.1 Å². The normalized spacial score (nSPS) is 19.8. The van der Waals surface area contributed by atoms with Crippen LogP contribution >= 0.6 is 23.2 Å². The molecule has 3 nitrogen and oxygen atoms in total. The van der Waals surface area contributed by atoms with Gasteiger partial charge in [0.2, 0.25) is 11.1 Å². The van der Waals surface area contributed by atoms with E-state index in [1.165, 1.54) is 0 Å². The van der Waals surface area contributed by atoms with E-state index in [4.69, 9.17) is 23.2 Å². The fourth-order valence-electron chi connectivity index (χ4n) is 1.93. The van der Waals surface area contributed by atoms with E-state index in [2.05, 4.69) is 0 Å². The molecule has 0 aliphatic carbocycles. The Morgan fingerprint density at radius 1 is 1.47 bits per heavy atom. The highest BCUT2D eigenvalue weighted by Crippen LogP contribution is 2.22. The van der Waals surface area contributed by atoms with E-state index in [1.807, 2.05) is 18.2 Å². The minimum absolute atomic E-state index is 0.0380. The molecule has 5 heteroatoms. The zero-order valence-corrected chi connectivity index (χ0v) is 10.5. The second-order valence-corrected chi connectivity index (χ2v) is 4.92. The Kier molecular flexibility index (Phi) is 3.69. The van der Waals surface area contributed by atoms with Crippen LogP contribution in [0.4, 0.5) is 0 Å². The monoisotopic (exact) mass is 271 g/mol. The number of hydrogen-bond acceptors (Lipinski definition) is 2. The van der Waals surface area contributed by atoms with Crippen molar-refractivity contribution >= 4 is 34.4 Å². The van der Waals surface area contributed by atoms with Gasteiger partial charge in [-0.1, -0.05) is 23.7 Å². The number of carbonyl (C=O) groups excluding carboxylic acids is 2. The van der Waals surface area contributed by atoms with Crippen LogP contribution in [0.15, 0.2) is 24.3 Å². The molecule has 0 spiro atoms. The molecule has 1 heterocycles. The average molecular weight is 272 g/mol. The fraction of sp³-hybridized carbons (Fsp3) is 0.333. The predicted molar refractivity (Wildman–Crippen MR) is 65.8 cm³/mol. The van der Waals surface area contributed by atoms with Crippen LogP contribution in [0, 0.1) is 5.92 Å². The highest BCUT2D eigenvalue weighted by molar-refractivity contribution is 6.64. The molecule has 1 aliphatic rings. The van der Waals surface area contributed by atoms with Gasteiger partial charge in [0.25, 0.3) is 0 Å². The molecule has 0 unspecified atom stereocenters. The van der Waals surface area contributed by atoms with Crippen molar-refractivity contribution in [3.8, 4) is 0 Å². The molecule has 17 heavy (non-hydrogen) atoms. The summed E-state index contributed by atoms with van der Waals surface area (Å²) < 4.78 is 0. The SMILES string of the molecule is O=C(Cl)[C@@H]1CC(=O)N(Cc2cccc(Cl)c2)C1. The van der Waals surface area contributed by atoms with E-state index >= 15 is 0 Å². The summed E-state index contributed by atoms with van der Waals surface area (Å²) in [5.41, 5.74) is 0.952. The highest BCUT2D eigenvalue weighted by Gasteiger charge is 2.33. The van der Waals surface area contributed by atoms with Gasteiger partial charge in [-0.15, -0.1) is 0 Å². The number of amides is 1. The van der Waals surface area contributed by atoms with Crippen molar-refractivity contribution in [2.75, 3.05) is 6.54 Å². The van der Waals surface area contributed by atoms with Crippen molar-refractivity contribution in [2.24, 2.45) is 5.92 Å². The number of carbonyl (C=O) groups is 2. The van der Waals surface area contributed by atoms with Gasteiger partial charge in [-0.25, -0.2) is 0 Å². The van der Waals surface area contributed by atoms with Crippen LogP contribution in [0.1, 0.15) is 12.0 Å². The zero-order chi connectivity index (χ0) is 12.4. The van der Waals surface area contributed by atoms with Crippen molar-refractivity contribution in [1.82, 2.24) is 4.90 Å². The summed E-state index contributed by atoms with van der Waals surface area (Å²) in [6.45, 7) is 0.869. The molecule has 2 rings (SSSR count). The number of rotatable bonds is 3. The first-order valence-electron chi connectivity index (χ1n) is 5.28. The third-order valence-corrected chi connectivity index (χ3v) is 3.34. The Labute approximate surface area is 109 Å². The number of likely N-dealkylation sites (tertiary alicyclic amines) is 1. The Balaban J connectivity index is 2.05. The minimum atomic E-state index is -0.438. The average Bonchev–Trinajstić information content (AvgIpc) is 2.61. The van der Waals surface area contributed by atoms with Gasteiger partial charge in [-0.05, 0) is 29.3 Å². The highest BCUT2D eigenvalue weighted by atomic mass is 35.5. The first-order chi connectivity index (χ1) is 8.06. The van der Waals surface area contributed by atoms with Crippen molar-refractivity contribution in [2.45, 2.75) is 13.0 Å². The van der Waals surface area contributed by atoms with E-state index in [9.17, 15) is 9.59 Å². The van der Waals surface area contributed by atoms with Crippen LogP contribution < -0.4 is 0 Å². The molecule has 0 bridgehead atoms. The van der Waals surface area contributed by atoms with Gasteiger partial charge in [0.05, 0.1) is 5.92 Å². The van der Waals surface area contributed by atoms with Gasteiger partial charge in [0, 0.05) is 24.5 Å². The van der Waals surface area contributed by atoms with E-state index < -0.39 is 5.24 Å². The van der Waals surface area contributed by atoms with Gasteiger partial charge >= 0.3 is 0 Å². The van der Waals surface area contributed by atoms with E-state index in [-0.39, 0.29) is 18.2 Å². The molecular formula is C12H11Cl2NO2. The second-order valence-electron chi connectivity index (χ2n) is 4.11. The molecule has 1 aromatic carbocycles. The Morgan fingerprint density at radius 2 is 2.24 bits per heavy atom. The second kappa shape index (κ2) is 5.07. The van der Waals surface area contributed by atoms with E-state index in [1.54, 1.807) is 11.0 Å². The molecule has 0 aromatic heterocycles. The van der Waals surface area contributed by atoms with Crippen LogP contribution in [0.3, 0.4) is 0 Å². The first-order valence-corrected chi connectivity index (χ1v) is 6.03. The lowest BCUT2D eigenvalue weighted by molar-refractivity contribution is -0.128. The summed E-state index contributed by atoms with van der Waals surface area (Å²) in [6, 6.07) is 7.32. The lowest BCUT2D eigenvalue weighted by Gasteiger charge is -2.16. The molecule has 1 fully saturated rings. The van der Waals surface area contributed by atoms with Gasteiger partial charge in [0.15, 0.2) is 0 Å². The third kappa shape index (κ3) is 2.99.